The Morgan fingerprint density at radius 2 is 0.579 bits per heavy atom. The Morgan fingerprint density at radius 3 is 0.842 bits per heavy atom. The summed E-state index contributed by atoms with van der Waals surface area (Å²) in [6.07, 6.45) is 25.7. The van der Waals surface area contributed by atoms with Crippen LogP contribution < -0.4 is 0 Å². The van der Waals surface area contributed by atoms with Crippen molar-refractivity contribution in [3.8, 4) is 0 Å². The van der Waals surface area contributed by atoms with Crippen LogP contribution >= 0.6 is 0 Å². The van der Waals surface area contributed by atoms with Crippen molar-refractivity contribution in [1.82, 2.24) is 0 Å². The zero-order valence-electron chi connectivity index (χ0n) is 13.2. The third-order valence-electron chi connectivity index (χ3n) is 4.65. The molecule has 0 spiro atoms. The molecule has 1 aliphatic carbocycles. The van der Waals surface area contributed by atoms with Crippen LogP contribution in [0.3, 0.4) is 0 Å². The molecule has 0 unspecified atom stereocenters. The van der Waals surface area contributed by atoms with Crippen LogP contribution in [0.25, 0.3) is 0 Å². The molecule has 0 bridgehead atoms. The van der Waals surface area contributed by atoms with Gasteiger partial charge in [0, 0.05) is 0 Å². The van der Waals surface area contributed by atoms with Gasteiger partial charge in [-0.05, 0) is 0 Å². The minimum atomic E-state index is 1.12. The van der Waals surface area contributed by atoms with Crippen LogP contribution in [0.4, 0.5) is 0 Å². The van der Waals surface area contributed by atoms with E-state index in [2.05, 4.69) is 0 Å². The van der Waals surface area contributed by atoms with Gasteiger partial charge in [-0.25, -0.2) is 0 Å². The van der Waals surface area contributed by atoms with Gasteiger partial charge in [-0.15, -0.1) is 0 Å². The molecule has 19 heavy (non-hydrogen) atoms. The first kappa shape index (κ1) is 17.9. The molecule has 1 rings (SSSR count). The van der Waals surface area contributed by atoms with Crippen molar-refractivity contribution in [2.45, 2.75) is 113 Å². The predicted molar refractivity (Wildman–Crippen MR) is 90.8 cm³/mol. The van der Waals surface area contributed by atoms with Crippen LogP contribution in [0.15, 0.2) is 0 Å². The van der Waals surface area contributed by atoms with E-state index < -0.39 is 0 Å². The van der Waals surface area contributed by atoms with E-state index in [1.54, 1.807) is 12.8 Å². The van der Waals surface area contributed by atoms with Crippen LogP contribution in [0.1, 0.15) is 109 Å². The molecule has 0 radical (unpaired) electrons. The summed E-state index contributed by atoms with van der Waals surface area (Å²) in [5.74, 6) is 0. The molecule has 0 aromatic heterocycles. The Hall–Kier alpha value is 0.818. The Kier molecular flexibility index (Phi) is 13.0. The molecule has 1 aliphatic rings. The number of hydrogen-bond acceptors (Lipinski definition) is 0. The first-order valence-corrected chi connectivity index (χ1v) is 11.1. The fourth-order valence-electron chi connectivity index (χ4n) is 3.26. The molecule has 1 fully saturated rings. The first-order valence-electron chi connectivity index (χ1n) is 9.15. The van der Waals surface area contributed by atoms with E-state index in [0.717, 1.165) is 3.86 Å². The number of rotatable bonds is 0. The summed E-state index contributed by atoms with van der Waals surface area (Å²) in [6, 6.07) is 0. The van der Waals surface area contributed by atoms with Crippen molar-refractivity contribution in [2.24, 2.45) is 0 Å². The van der Waals surface area contributed by atoms with E-state index in [4.69, 9.17) is 0 Å². The summed E-state index contributed by atoms with van der Waals surface area (Å²) in [7, 11) is 0. The standard InChI is InChI=1S/C18H35.Sb.2H/c1-2-4-6-8-10-12-14-16-18-17-15-13-11-9-7-5-3-1;;;/h1H,2-18H2;;;. The van der Waals surface area contributed by atoms with Crippen molar-refractivity contribution in [1.29, 1.82) is 0 Å². The molecule has 0 aliphatic heterocycles. The molecule has 0 aromatic rings. The van der Waals surface area contributed by atoms with Gasteiger partial charge in [-0.3, -0.25) is 0 Å². The van der Waals surface area contributed by atoms with Gasteiger partial charge in [0.05, 0.1) is 0 Å². The summed E-state index contributed by atoms with van der Waals surface area (Å²) in [4.78, 5) is 0. The maximum atomic E-state index is 1.54. The van der Waals surface area contributed by atoms with E-state index in [1.165, 1.54) is 119 Å². The monoisotopic (exact) mass is 374 g/mol. The summed E-state index contributed by atoms with van der Waals surface area (Å²) in [5, 5.41) is 0. The predicted octanol–water partition coefficient (Wildman–Crippen LogP) is 6.05. The van der Waals surface area contributed by atoms with Gasteiger partial charge >= 0.3 is 136 Å². The maximum absolute atomic E-state index is 1.54. The molecule has 0 heterocycles. The van der Waals surface area contributed by atoms with E-state index in [9.17, 15) is 0 Å². The molecule has 0 amide bonds. The molecule has 1 saturated carbocycles. The van der Waals surface area contributed by atoms with Crippen LogP contribution in [-0.2, 0) is 0 Å². The summed E-state index contributed by atoms with van der Waals surface area (Å²) in [5.41, 5.74) is 0. The van der Waals surface area contributed by atoms with Gasteiger partial charge < -0.3 is 0 Å². The van der Waals surface area contributed by atoms with E-state index >= 15 is 0 Å². The second kappa shape index (κ2) is 13.8. The molecule has 0 N–H and O–H groups in total. The summed E-state index contributed by atoms with van der Waals surface area (Å²) < 4.78 is 1.12. The number of hydrogen-bond donors (Lipinski definition) is 0. The molecule has 1 heteroatoms. The first-order chi connectivity index (χ1) is 9.39. The van der Waals surface area contributed by atoms with Crippen LogP contribution in [0.2, 0.25) is 3.86 Å². The van der Waals surface area contributed by atoms with Crippen LogP contribution in [0.5, 0.6) is 0 Å². The molecular formula is C18H37Sb. The molecule has 0 saturated heterocycles. The van der Waals surface area contributed by atoms with Gasteiger partial charge in [0.2, 0.25) is 0 Å². The molecular weight excluding hydrogens is 338 g/mol. The molecule has 0 aromatic carbocycles. The average molecular weight is 375 g/mol. The van der Waals surface area contributed by atoms with E-state index in [1.807, 2.05) is 0 Å². The topological polar surface area (TPSA) is 0 Å². The molecule has 114 valence electrons. The van der Waals surface area contributed by atoms with Gasteiger partial charge in [0.25, 0.3) is 0 Å². The Balaban J connectivity index is 2.08. The fourth-order valence-corrected chi connectivity index (χ4v) is 4.60. The Labute approximate surface area is 136 Å². The Bertz CT molecular complexity index is 161. The zero-order chi connectivity index (χ0) is 13.6. The van der Waals surface area contributed by atoms with Crippen LogP contribution in [0, 0.1) is 0 Å². The fraction of sp³-hybridized carbons (Fsp3) is 1.00. The van der Waals surface area contributed by atoms with Gasteiger partial charge in [0.15, 0.2) is 0 Å². The van der Waals surface area contributed by atoms with Crippen molar-refractivity contribution in [3.63, 3.8) is 0 Å². The van der Waals surface area contributed by atoms with Gasteiger partial charge in [-0.2, -0.15) is 0 Å². The summed E-state index contributed by atoms with van der Waals surface area (Å²) in [6.45, 7) is 0. The van der Waals surface area contributed by atoms with E-state index in [0.29, 0.717) is 0 Å². The summed E-state index contributed by atoms with van der Waals surface area (Å²) >= 11 is 1.50. The van der Waals surface area contributed by atoms with E-state index in [-0.39, 0.29) is 0 Å². The van der Waals surface area contributed by atoms with Crippen molar-refractivity contribution in [3.05, 3.63) is 0 Å². The normalized spacial score (nSPS) is 24.5. The quantitative estimate of drug-likeness (QED) is 0.452. The van der Waals surface area contributed by atoms with Gasteiger partial charge in [0.1, 0.15) is 0 Å². The Morgan fingerprint density at radius 1 is 0.368 bits per heavy atom. The zero-order valence-corrected chi connectivity index (χ0v) is 16.5. The molecule has 0 atom stereocenters. The second-order valence-electron chi connectivity index (χ2n) is 6.64. The van der Waals surface area contributed by atoms with Crippen LogP contribution in [-0.4, -0.2) is 23.0 Å². The second-order valence-corrected chi connectivity index (χ2v) is 9.33. The van der Waals surface area contributed by atoms with Gasteiger partial charge in [-0.1, -0.05) is 0 Å². The third kappa shape index (κ3) is 12.3. The minimum absolute atomic E-state index is 1.12. The third-order valence-corrected chi connectivity index (χ3v) is 6.55. The SMILES string of the molecule is [SbH2][CH]1CCCCCCCCCCCCCCCCC1. The van der Waals surface area contributed by atoms with Crippen molar-refractivity contribution < 1.29 is 0 Å². The van der Waals surface area contributed by atoms with Crippen molar-refractivity contribution in [2.75, 3.05) is 0 Å². The average Bonchev–Trinajstić information content (AvgIpc) is 2.41. The van der Waals surface area contributed by atoms with Crippen molar-refractivity contribution >= 4 is 23.0 Å². The molecule has 0 nitrogen and oxygen atoms in total.